The number of nitrogens with two attached hydrogens (primary N) is 1. The van der Waals surface area contributed by atoms with Crippen LogP contribution in [0.4, 0.5) is 4.39 Å². The quantitative estimate of drug-likeness (QED) is 0.654. The summed E-state index contributed by atoms with van der Waals surface area (Å²) in [4.78, 5) is 28.5. The molecule has 1 aromatic heterocycles. The zero-order chi connectivity index (χ0) is 19.7. The normalized spacial score (nSPS) is 10.8. The van der Waals surface area contributed by atoms with Crippen LogP contribution in [0.5, 0.6) is 0 Å². The van der Waals surface area contributed by atoms with E-state index in [1.807, 2.05) is 0 Å². The molecule has 1 heterocycles. The molecular formula is C19H15ClFN3O3. The van der Waals surface area contributed by atoms with Gasteiger partial charge in [-0.1, -0.05) is 23.7 Å². The summed E-state index contributed by atoms with van der Waals surface area (Å²) < 4.78 is 15.6. The number of hydrogen-bond donors (Lipinski definition) is 2. The molecule has 0 aliphatic rings. The van der Waals surface area contributed by atoms with Crippen molar-refractivity contribution in [3.05, 3.63) is 81.6 Å². The molecule has 27 heavy (non-hydrogen) atoms. The number of ketones is 1. The number of carbonyl (C=O) groups excluding carboxylic acids is 1. The Kier molecular flexibility index (Phi) is 5.07. The van der Waals surface area contributed by atoms with E-state index in [1.165, 1.54) is 28.8 Å². The standard InChI is InChI=1S/C19H15ClFN3O3/c1-10-23-17(19(26)27)16(9-22)24(10)15-7-6-11(20)8-13(15)18(25)12-4-2-3-5-14(12)21/h2-8H,9,22H2,1H3,(H,26,27). The van der Waals surface area contributed by atoms with Gasteiger partial charge in [0, 0.05) is 17.1 Å². The topological polar surface area (TPSA) is 98.2 Å². The molecule has 0 saturated carbocycles. The largest absolute Gasteiger partial charge is 0.476 e. The van der Waals surface area contributed by atoms with Gasteiger partial charge in [-0.15, -0.1) is 0 Å². The minimum absolute atomic E-state index is 0.111. The molecule has 0 saturated heterocycles. The van der Waals surface area contributed by atoms with Crippen molar-refractivity contribution in [1.29, 1.82) is 0 Å². The molecule has 0 amide bonds. The van der Waals surface area contributed by atoms with Crippen LogP contribution >= 0.6 is 11.6 Å². The second kappa shape index (κ2) is 7.30. The van der Waals surface area contributed by atoms with E-state index >= 15 is 0 Å². The highest BCUT2D eigenvalue weighted by Crippen LogP contribution is 2.27. The van der Waals surface area contributed by atoms with Crippen molar-refractivity contribution >= 4 is 23.4 Å². The van der Waals surface area contributed by atoms with Crippen molar-refractivity contribution in [1.82, 2.24) is 9.55 Å². The van der Waals surface area contributed by atoms with Crippen LogP contribution in [0.15, 0.2) is 42.5 Å². The number of carboxylic acid groups (broad SMARTS) is 1. The van der Waals surface area contributed by atoms with Gasteiger partial charge in [0.05, 0.1) is 16.9 Å². The Hall–Kier alpha value is -3.03. The van der Waals surface area contributed by atoms with E-state index in [1.54, 1.807) is 25.1 Å². The Morgan fingerprint density at radius 3 is 2.56 bits per heavy atom. The van der Waals surface area contributed by atoms with Gasteiger partial charge in [0.2, 0.25) is 0 Å². The zero-order valence-electron chi connectivity index (χ0n) is 14.2. The average Bonchev–Trinajstić information content (AvgIpc) is 2.98. The lowest BCUT2D eigenvalue weighted by molar-refractivity contribution is 0.0689. The summed E-state index contributed by atoms with van der Waals surface area (Å²) in [6.07, 6.45) is 0. The Balaban J connectivity index is 2.27. The van der Waals surface area contributed by atoms with Crippen molar-refractivity contribution in [3.8, 4) is 5.69 Å². The first kappa shape index (κ1) is 18.8. The third-order valence-electron chi connectivity index (χ3n) is 4.10. The summed E-state index contributed by atoms with van der Waals surface area (Å²) in [6.45, 7) is 1.48. The van der Waals surface area contributed by atoms with E-state index in [0.717, 1.165) is 0 Å². The lowest BCUT2D eigenvalue weighted by Crippen LogP contribution is -2.15. The summed E-state index contributed by atoms with van der Waals surface area (Å²) >= 11 is 6.06. The molecule has 0 spiro atoms. The Bertz CT molecular complexity index is 1060. The van der Waals surface area contributed by atoms with Gasteiger partial charge in [0.1, 0.15) is 11.6 Å². The van der Waals surface area contributed by atoms with Crippen LogP contribution in [0, 0.1) is 12.7 Å². The number of halogens is 2. The van der Waals surface area contributed by atoms with Crippen LogP contribution in [0.1, 0.15) is 37.9 Å². The molecule has 8 heteroatoms. The van der Waals surface area contributed by atoms with Gasteiger partial charge in [-0.2, -0.15) is 0 Å². The fraction of sp³-hybridized carbons (Fsp3) is 0.105. The number of carbonyl (C=O) groups is 2. The Labute approximate surface area is 159 Å². The van der Waals surface area contributed by atoms with Crippen LogP contribution in [-0.4, -0.2) is 26.4 Å². The number of aromatic nitrogens is 2. The molecule has 0 unspecified atom stereocenters. The number of nitrogens with zero attached hydrogens (tertiary/aromatic N) is 2. The molecule has 2 aromatic carbocycles. The predicted octanol–water partition coefficient (Wildman–Crippen LogP) is 3.36. The molecule has 6 nitrogen and oxygen atoms in total. The summed E-state index contributed by atoms with van der Waals surface area (Å²) in [5, 5.41) is 9.63. The monoisotopic (exact) mass is 387 g/mol. The Morgan fingerprint density at radius 1 is 1.22 bits per heavy atom. The number of carboxylic acids is 1. The van der Waals surface area contributed by atoms with Gasteiger partial charge in [-0.25, -0.2) is 14.2 Å². The molecule has 0 aliphatic carbocycles. The van der Waals surface area contributed by atoms with E-state index in [-0.39, 0.29) is 34.1 Å². The third kappa shape index (κ3) is 3.34. The Morgan fingerprint density at radius 2 is 1.93 bits per heavy atom. The smallest absolute Gasteiger partial charge is 0.356 e. The van der Waals surface area contributed by atoms with Crippen molar-refractivity contribution in [2.24, 2.45) is 5.73 Å². The molecule has 0 atom stereocenters. The first-order valence-electron chi connectivity index (χ1n) is 7.96. The maximum Gasteiger partial charge on any atom is 0.356 e. The average molecular weight is 388 g/mol. The highest BCUT2D eigenvalue weighted by molar-refractivity contribution is 6.31. The number of aryl methyl sites for hydroxylation is 1. The molecule has 0 aliphatic heterocycles. The third-order valence-corrected chi connectivity index (χ3v) is 4.33. The van der Waals surface area contributed by atoms with E-state index in [4.69, 9.17) is 17.3 Å². The first-order valence-corrected chi connectivity index (χ1v) is 8.33. The summed E-state index contributed by atoms with van der Waals surface area (Å²) in [5.74, 6) is -2.15. The van der Waals surface area contributed by atoms with Gasteiger partial charge in [0.15, 0.2) is 11.5 Å². The maximum absolute atomic E-state index is 14.1. The van der Waals surface area contributed by atoms with Crippen LogP contribution in [0.2, 0.25) is 5.02 Å². The summed E-state index contributed by atoms with van der Waals surface area (Å²) in [7, 11) is 0. The summed E-state index contributed by atoms with van der Waals surface area (Å²) in [6, 6.07) is 10.1. The van der Waals surface area contributed by atoms with Gasteiger partial charge < -0.3 is 10.8 Å². The van der Waals surface area contributed by atoms with E-state index in [0.29, 0.717) is 11.5 Å². The van der Waals surface area contributed by atoms with Crippen LogP contribution in [0.3, 0.4) is 0 Å². The highest BCUT2D eigenvalue weighted by Gasteiger charge is 2.24. The molecule has 0 bridgehead atoms. The van der Waals surface area contributed by atoms with E-state index in [9.17, 15) is 19.1 Å². The zero-order valence-corrected chi connectivity index (χ0v) is 15.0. The number of rotatable bonds is 5. The van der Waals surface area contributed by atoms with E-state index in [2.05, 4.69) is 4.98 Å². The predicted molar refractivity (Wildman–Crippen MR) is 98.0 cm³/mol. The first-order chi connectivity index (χ1) is 12.8. The van der Waals surface area contributed by atoms with Gasteiger partial charge in [0.25, 0.3) is 0 Å². The minimum atomic E-state index is -1.23. The fourth-order valence-corrected chi connectivity index (χ4v) is 3.10. The molecule has 0 radical (unpaired) electrons. The maximum atomic E-state index is 14.1. The van der Waals surface area contributed by atoms with Crippen LogP contribution in [0.25, 0.3) is 5.69 Å². The lowest BCUT2D eigenvalue weighted by atomic mass is 10.0. The van der Waals surface area contributed by atoms with Crippen molar-refractivity contribution in [2.45, 2.75) is 13.5 Å². The second-order valence-electron chi connectivity index (χ2n) is 5.77. The molecule has 0 fully saturated rings. The molecule has 3 aromatic rings. The number of benzene rings is 2. The molecule has 138 valence electrons. The van der Waals surface area contributed by atoms with Crippen molar-refractivity contribution in [2.75, 3.05) is 0 Å². The minimum Gasteiger partial charge on any atom is -0.476 e. The lowest BCUT2D eigenvalue weighted by Gasteiger charge is -2.15. The van der Waals surface area contributed by atoms with Gasteiger partial charge >= 0.3 is 5.97 Å². The van der Waals surface area contributed by atoms with E-state index < -0.39 is 17.6 Å². The number of aromatic carboxylic acids is 1. The summed E-state index contributed by atoms with van der Waals surface area (Å²) in [5.41, 5.74) is 6.08. The van der Waals surface area contributed by atoms with Crippen molar-refractivity contribution < 1.29 is 19.1 Å². The fourth-order valence-electron chi connectivity index (χ4n) is 2.93. The van der Waals surface area contributed by atoms with Gasteiger partial charge in [-0.05, 0) is 37.3 Å². The molecule has 3 N–H and O–H groups in total. The van der Waals surface area contributed by atoms with Gasteiger partial charge in [-0.3, -0.25) is 9.36 Å². The van der Waals surface area contributed by atoms with Crippen LogP contribution < -0.4 is 5.73 Å². The second-order valence-corrected chi connectivity index (χ2v) is 6.21. The number of hydrogen-bond acceptors (Lipinski definition) is 4. The SMILES string of the molecule is Cc1nc(C(=O)O)c(CN)n1-c1ccc(Cl)cc1C(=O)c1ccccc1F. The highest BCUT2D eigenvalue weighted by atomic mass is 35.5. The number of imidazole rings is 1. The molecular weight excluding hydrogens is 373 g/mol. The van der Waals surface area contributed by atoms with Crippen molar-refractivity contribution in [3.63, 3.8) is 0 Å². The molecule has 3 rings (SSSR count). The van der Waals surface area contributed by atoms with Crippen LogP contribution in [-0.2, 0) is 6.54 Å².